The smallest absolute Gasteiger partial charge is 0.333 e. The third-order valence-corrected chi connectivity index (χ3v) is 2.87. The molecule has 5 nitrogen and oxygen atoms in total. The second-order valence-electron chi connectivity index (χ2n) is 4.24. The van der Waals surface area contributed by atoms with Gasteiger partial charge in [-0.3, -0.25) is 0 Å². The Balaban J connectivity index is 4.85. The second kappa shape index (κ2) is 8.22. The zero-order valence-corrected chi connectivity index (χ0v) is 10.6. The average Bonchev–Trinajstić information content (AvgIpc) is 2.33. The van der Waals surface area contributed by atoms with Crippen LogP contribution in [-0.2, 0) is 9.53 Å². The molecule has 0 heterocycles. The van der Waals surface area contributed by atoms with Crippen LogP contribution in [0.3, 0.4) is 0 Å². The Morgan fingerprint density at radius 1 is 1.06 bits per heavy atom. The van der Waals surface area contributed by atoms with Gasteiger partial charge >= 0.3 is 5.97 Å². The molecular weight excluding hydrogens is 224 g/mol. The fourth-order valence-corrected chi connectivity index (χ4v) is 1.61. The maximum Gasteiger partial charge on any atom is 0.333 e. The topological polar surface area (TPSA) is 87.0 Å². The molecule has 0 aliphatic heterocycles. The second-order valence-corrected chi connectivity index (χ2v) is 4.24. The number of carbonyl (C=O) groups excluding carboxylic acids is 1. The van der Waals surface area contributed by atoms with Crippen molar-refractivity contribution in [3.8, 4) is 0 Å². The van der Waals surface area contributed by atoms with Gasteiger partial charge in [0.15, 0.2) is 0 Å². The van der Waals surface area contributed by atoms with Gasteiger partial charge < -0.3 is 20.1 Å². The van der Waals surface area contributed by atoms with E-state index in [4.69, 9.17) is 10.2 Å². The van der Waals surface area contributed by atoms with E-state index in [9.17, 15) is 9.90 Å². The van der Waals surface area contributed by atoms with Crippen LogP contribution in [0.15, 0.2) is 11.1 Å². The maximum atomic E-state index is 11.5. The first kappa shape index (κ1) is 16.1. The highest BCUT2D eigenvalue weighted by Crippen LogP contribution is 2.22. The van der Waals surface area contributed by atoms with Crippen LogP contribution >= 0.6 is 0 Å². The Morgan fingerprint density at radius 3 is 1.82 bits per heavy atom. The van der Waals surface area contributed by atoms with E-state index in [0.717, 1.165) is 5.57 Å². The first-order chi connectivity index (χ1) is 8.01. The van der Waals surface area contributed by atoms with E-state index >= 15 is 0 Å². The summed E-state index contributed by atoms with van der Waals surface area (Å²) in [6, 6.07) is 0. The Labute approximate surface area is 102 Å². The van der Waals surface area contributed by atoms with E-state index in [1.807, 2.05) is 0 Å². The van der Waals surface area contributed by atoms with Crippen molar-refractivity contribution in [2.75, 3.05) is 26.9 Å². The van der Waals surface area contributed by atoms with Gasteiger partial charge in [-0.15, -0.1) is 0 Å². The van der Waals surface area contributed by atoms with Gasteiger partial charge in [0.2, 0.25) is 0 Å². The van der Waals surface area contributed by atoms with Crippen LogP contribution < -0.4 is 0 Å². The molecule has 0 aromatic carbocycles. The molecule has 0 rings (SSSR count). The first-order valence-corrected chi connectivity index (χ1v) is 5.59. The number of hydrogen-bond donors (Lipinski definition) is 3. The lowest BCUT2D eigenvalue weighted by molar-refractivity contribution is -0.136. The lowest BCUT2D eigenvalue weighted by Gasteiger charge is -2.23. The standard InChI is InChI=1S/C12H22O5/c1-8(2)11(12(16)17-3)4-9(5-13)10(6-14)7-15/h9-10,13-15H,4-7H2,1-3H3. The van der Waals surface area contributed by atoms with E-state index in [1.165, 1.54) is 7.11 Å². The zero-order valence-electron chi connectivity index (χ0n) is 10.6. The van der Waals surface area contributed by atoms with Gasteiger partial charge in [0.05, 0.1) is 7.11 Å². The van der Waals surface area contributed by atoms with Gasteiger partial charge in [-0.25, -0.2) is 4.79 Å². The molecule has 3 N–H and O–H groups in total. The molecule has 1 unspecified atom stereocenters. The third-order valence-electron chi connectivity index (χ3n) is 2.87. The molecule has 0 fully saturated rings. The molecule has 0 aliphatic carbocycles. The van der Waals surface area contributed by atoms with Gasteiger partial charge in [-0.05, 0) is 26.2 Å². The number of methoxy groups -OCH3 is 1. The van der Waals surface area contributed by atoms with Crippen molar-refractivity contribution in [2.45, 2.75) is 20.3 Å². The first-order valence-electron chi connectivity index (χ1n) is 5.59. The minimum absolute atomic E-state index is 0.195. The van der Waals surface area contributed by atoms with E-state index in [0.29, 0.717) is 5.57 Å². The van der Waals surface area contributed by atoms with Gasteiger partial charge in [-0.1, -0.05) is 5.57 Å². The van der Waals surface area contributed by atoms with Crippen LogP contribution in [0.5, 0.6) is 0 Å². The van der Waals surface area contributed by atoms with Crippen LogP contribution in [0.4, 0.5) is 0 Å². The van der Waals surface area contributed by atoms with Crippen LogP contribution in [0.2, 0.25) is 0 Å². The van der Waals surface area contributed by atoms with Crippen molar-refractivity contribution in [2.24, 2.45) is 11.8 Å². The van der Waals surface area contributed by atoms with Crippen LogP contribution in [0.25, 0.3) is 0 Å². The van der Waals surface area contributed by atoms with Crippen LogP contribution in [0.1, 0.15) is 20.3 Å². The Kier molecular flexibility index (Phi) is 7.78. The molecule has 0 spiro atoms. The normalized spacial score (nSPS) is 12.4. The summed E-state index contributed by atoms with van der Waals surface area (Å²) in [7, 11) is 1.30. The molecule has 0 aliphatic rings. The average molecular weight is 246 g/mol. The molecule has 0 aromatic heterocycles. The van der Waals surface area contributed by atoms with Crippen molar-refractivity contribution in [3.63, 3.8) is 0 Å². The fourth-order valence-electron chi connectivity index (χ4n) is 1.61. The molecule has 1 atom stereocenters. The number of allylic oxidation sites excluding steroid dienone is 1. The highest BCUT2D eigenvalue weighted by molar-refractivity contribution is 5.89. The summed E-state index contributed by atoms with van der Waals surface area (Å²) >= 11 is 0. The lowest BCUT2D eigenvalue weighted by atomic mass is 9.87. The number of carbonyl (C=O) groups is 1. The summed E-state index contributed by atoms with van der Waals surface area (Å²) in [6.07, 6.45) is 0.289. The van der Waals surface area contributed by atoms with Crippen molar-refractivity contribution in [1.29, 1.82) is 0 Å². The van der Waals surface area contributed by atoms with Crippen molar-refractivity contribution in [3.05, 3.63) is 11.1 Å². The van der Waals surface area contributed by atoms with E-state index in [-0.39, 0.29) is 32.2 Å². The lowest BCUT2D eigenvalue weighted by Crippen LogP contribution is -2.27. The molecular formula is C12H22O5. The number of aliphatic hydroxyl groups excluding tert-OH is 3. The van der Waals surface area contributed by atoms with Crippen molar-refractivity contribution in [1.82, 2.24) is 0 Å². The quantitative estimate of drug-likeness (QED) is 0.438. The predicted molar refractivity (Wildman–Crippen MR) is 63.2 cm³/mol. The molecule has 0 saturated carbocycles. The van der Waals surface area contributed by atoms with Crippen LogP contribution in [-0.4, -0.2) is 48.2 Å². The minimum atomic E-state index is -0.432. The van der Waals surface area contributed by atoms with Crippen LogP contribution in [0, 0.1) is 11.8 Å². The number of hydrogen-bond acceptors (Lipinski definition) is 5. The van der Waals surface area contributed by atoms with Gasteiger partial charge in [0.1, 0.15) is 0 Å². The zero-order chi connectivity index (χ0) is 13.4. The monoisotopic (exact) mass is 246 g/mol. The van der Waals surface area contributed by atoms with Gasteiger partial charge in [0.25, 0.3) is 0 Å². The molecule has 0 radical (unpaired) electrons. The van der Waals surface area contributed by atoms with E-state index < -0.39 is 11.9 Å². The summed E-state index contributed by atoms with van der Waals surface area (Å²) in [5.74, 6) is -1.22. The number of esters is 1. The van der Waals surface area contributed by atoms with E-state index in [2.05, 4.69) is 4.74 Å². The van der Waals surface area contributed by atoms with Crippen molar-refractivity contribution >= 4 is 5.97 Å². The molecule has 0 aromatic rings. The molecule has 100 valence electrons. The number of aliphatic hydroxyl groups is 3. The molecule has 0 amide bonds. The van der Waals surface area contributed by atoms with Crippen molar-refractivity contribution < 1.29 is 24.9 Å². The molecule has 5 heteroatoms. The predicted octanol–water partition coefficient (Wildman–Crippen LogP) is 0.0952. The Morgan fingerprint density at radius 2 is 1.53 bits per heavy atom. The van der Waals surface area contributed by atoms with Gasteiger partial charge in [-0.2, -0.15) is 0 Å². The summed E-state index contributed by atoms with van der Waals surface area (Å²) in [4.78, 5) is 11.5. The molecule has 0 saturated heterocycles. The molecule has 0 bridgehead atoms. The SMILES string of the molecule is COC(=O)C(CC(CO)C(CO)CO)=C(C)C. The highest BCUT2D eigenvalue weighted by atomic mass is 16.5. The summed E-state index contributed by atoms with van der Waals surface area (Å²) in [5.41, 5.74) is 1.29. The minimum Gasteiger partial charge on any atom is -0.466 e. The molecule has 17 heavy (non-hydrogen) atoms. The number of rotatable bonds is 7. The highest BCUT2D eigenvalue weighted by Gasteiger charge is 2.24. The largest absolute Gasteiger partial charge is 0.466 e. The summed E-state index contributed by atoms with van der Waals surface area (Å²) in [5, 5.41) is 27.4. The Bertz CT molecular complexity index is 264. The third kappa shape index (κ3) is 4.85. The fraction of sp³-hybridized carbons (Fsp3) is 0.750. The Hall–Kier alpha value is -0.910. The van der Waals surface area contributed by atoms with E-state index in [1.54, 1.807) is 13.8 Å². The maximum absolute atomic E-state index is 11.5. The van der Waals surface area contributed by atoms with Gasteiger partial charge in [0, 0.05) is 31.3 Å². The summed E-state index contributed by atoms with van der Waals surface area (Å²) < 4.78 is 4.66. The number of ether oxygens (including phenoxy) is 1. The summed E-state index contributed by atoms with van der Waals surface area (Å²) in [6.45, 7) is 2.93.